The molecule has 0 atom stereocenters. The Morgan fingerprint density at radius 3 is 2.68 bits per heavy atom. The number of thiophene rings is 1. The maximum absolute atomic E-state index is 11.9. The van der Waals surface area contributed by atoms with Gasteiger partial charge in [0.15, 0.2) is 0 Å². The first-order chi connectivity index (χ1) is 9.06. The molecular formula is C14H21ClN2OS. The Morgan fingerprint density at radius 2 is 2.16 bits per heavy atom. The molecule has 1 aromatic rings. The molecule has 0 aromatic carbocycles. The zero-order valence-corrected chi connectivity index (χ0v) is 13.1. The van der Waals surface area contributed by atoms with Crippen molar-refractivity contribution in [1.82, 2.24) is 10.2 Å². The molecular weight excluding hydrogens is 280 g/mol. The van der Waals surface area contributed by atoms with Gasteiger partial charge >= 0.3 is 0 Å². The highest BCUT2D eigenvalue weighted by Crippen LogP contribution is 2.22. The zero-order chi connectivity index (χ0) is 13.8. The summed E-state index contributed by atoms with van der Waals surface area (Å²) in [5, 5.41) is 3.55. The Balaban J connectivity index is 1.73. The average molecular weight is 301 g/mol. The molecule has 0 radical (unpaired) electrons. The highest BCUT2D eigenvalue weighted by atomic mass is 35.5. The van der Waals surface area contributed by atoms with Crippen LogP contribution in [0.2, 0.25) is 4.34 Å². The number of hydrogen-bond acceptors (Lipinski definition) is 3. The van der Waals surface area contributed by atoms with Gasteiger partial charge in [-0.1, -0.05) is 25.4 Å². The van der Waals surface area contributed by atoms with E-state index in [0.717, 1.165) is 36.8 Å². The number of carbonyl (C=O) groups is 1. The first kappa shape index (κ1) is 14.8. The number of piperidine rings is 1. The minimum absolute atomic E-state index is 0.109. The van der Waals surface area contributed by atoms with Crippen molar-refractivity contribution in [3.63, 3.8) is 0 Å². The maximum Gasteiger partial charge on any atom is 0.225 e. The van der Waals surface area contributed by atoms with Gasteiger partial charge in [-0.25, -0.2) is 0 Å². The van der Waals surface area contributed by atoms with E-state index >= 15 is 0 Å². The summed E-state index contributed by atoms with van der Waals surface area (Å²) in [5.74, 6) is 0.390. The molecule has 1 aliphatic rings. The van der Waals surface area contributed by atoms with Gasteiger partial charge in [0, 0.05) is 36.5 Å². The van der Waals surface area contributed by atoms with Gasteiger partial charge in [-0.3, -0.25) is 4.79 Å². The van der Waals surface area contributed by atoms with E-state index in [1.54, 1.807) is 11.3 Å². The van der Waals surface area contributed by atoms with Crippen LogP contribution in [0.25, 0.3) is 0 Å². The minimum Gasteiger partial charge on any atom is -0.342 e. The maximum atomic E-state index is 11.9. The second-order valence-corrected chi connectivity index (χ2v) is 7.14. The standard InChI is InChI=1S/C14H21ClN2OS/c1-10(2)14(18)17-7-5-11(6-8-17)16-9-12-3-4-13(15)19-12/h3-4,10-11,16H,5-9H2,1-2H3. The topological polar surface area (TPSA) is 32.3 Å². The molecule has 106 valence electrons. The Morgan fingerprint density at radius 1 is 1.47 bits per heavy atom. The average Bonchev–Trinajstić information content (AvgIpc) is 2.82. The summed E-state index contributed by atoms with van der Waals surface area (Å²) in [4.78, 5) is 15.1. The number of rotatable bonds is 4. The van der Waals surface area contributed by atoms with Crippen LogP contribution in [0.3, 0.4) is 0 Å². The quantitative estimate of drug-likeness (QED) is 0.926. The van der Waals surface area contributed by atoms with Crippen LogP contribution >= 0.6 is 22.9 Å². The molecule has 0 saturated carbocycles. The fourth-order valence-corrected chi connectivity index (χ4v) is 3.40. The highest BCUT2D eigenvalue weighted by Gasteiger charge is 2.23. The van der Waals surface area contributed by atoms with Gasteiger partial charge < -0.3 is 10.2 Å². The third-order valence-electron chi connectivity index (χ3n) is 3.49. The van der Waals surface area contributed by atoms with Crippen molar-refractivity contribution in [3.05, 3.63) is 21.3 Å². The van der Waals surface area contributed by atoms with Gasteiger partial charge in [-0.2, -0.15) is 0 Å². The van der Waals surface area contributed by atoms with Crippen molar-refractivity contribution in [2.75, 3.05) is 13.1 Å². The Hall–Kier alpha value is -0.580. The molecule has 19 heavy (non-hydrogen) atoms. The predicted molar refractivity (Wildman–Crippen MR) is 80.6 cm³/mol. The van der Waals surface area contributed by atoms with Crippen LogP contribution in [0.5, 0.6) is 0 Å². The van der Waals surface area contributed by atoms with Crippen LogP contribution in [0.4, 0.5) is 0 Å². The van der Waals surface area contributed by atoms with E-state index < -0.39 is 0 Å². The summed E-state index contributed by atoms with van der Waals surface area (Å²) < 4.78 is 0.842. The normalized spacial score (nSPS) is 17.2. The van der Waals surface area contributed by atoms with E-state index in [1.165, 1.54) is 4.88 Å². The van der Waals surface area contributed by atoms with E-state index in [0.29, 0.717) is 6.04 Å². The second kappa shape index (κ2) is 6.73. The molecule has 0 unspecified atom stereocenters. The van der Waals surface area contributed by atoms with Gasteiger partial charge in [0.25, 0.3) is 0 Å². The van der Waals surface area contributed by atoms with E-state index in [2.05, 4.69) is 11.4 Å². The van der Waals surface area contributed by atoms with Crippen molar-refractivity contribution >= 4 is 28.8 Å². The van der Waals surface area contributed by atoms with Crippen LogP contribution in [0.15, 0.2) is 12.1 Å². The molecule has 1 saturated heterocycles. The van der Waals surface area contributed by atoms with Crippen molar-refractivity contribution in [1.29, 1.82) is 0 Å². The first-order valence-corrected chi connectivity index (χ1v) is 8.02. The Labute approximate surface area is 123 Å². The predicted octanol–water partition coefficient (Wildman–Crippen LogP) is 3.14. The van der Waals surface area contributed by atoms with Crippen LogP contribution in [0.1, 0.15) is 31.6 Å². The smallest absolute Gasteiger partial charge is 0.225 e. The lowest BCUT2D eigenvalue weighted by Crippen LogP contribution is -2.45. The van der Waals surface area contributed by atoms with Crippen molar-refractivity contribution in [2.45, 2.75) is 39.3 Å². The van der Waals surface area contributed by atoms with Gasteiger partial charge in [-0.05, 0) is 25.0 Å². The van der Waals surface area contributed by atoms with Gasteiger partial charge in [0.1, 0.15) is 0 Å². The van der Waals surface area contributed by atoms with E-state index in [9.17, 15) is 4.79 Å². The van der Waals surface area contributed by atoms with Crippen molar-refractivity contribution in [3.8, 4) is 0 Å². The molecule has 2 heterocycles. The van der Waals surface area contributed by atoms with Crippen molar-refractivity contribution in [2.24, 2.45) is 5.92 Å². The van der Waals surface area contributed by atoms with Gasteiger partial charge in [0.2, 0.25) is 5.91 Å². The fraction of sp³-hybridized carbons (Fsp3) is 0.643. The van der Waals surface area contributed by atoms with Crippen LogP contribution in [0, 0.1) is 5.92 Å². The molecule has 0 aliphatic carbocycles. The number of likely N-dealkylation sites (tertiary alicyclic amines) is 1. The first-order valence-electron chi connectivity index (χ1n) is 6.82. The molecule has 5 heteroatoms. The number of amides is 1. The third kappa shape index (κ3) is 4.20. The molecule has 1 N–H and O–H groups in total. The number of nitrogens with one attached hydrogen (secondary N) is 1. The number of carbonyl (C=O) groups excluding carboxylic acids is 1. The van der Waals surface area contributed by atoms with Gasteiger partial charge in [0.05, 0.1) is 4.34 Å². The van der Waals surface area contributed by atoms with Gasteiger partial charge in [-0.15, -0.1) is 11.3 Å². The monoisotopic (exact) mass is 300 g/mol. The van der Waals surface area contributed by atoms with Crippen LogP contribution < -0.4 is 5.32 Å². The summed E-state index contributed by atoms with van der Waals surface area (Å²) in [6, 6.07) is 4.52. The summed E-state index contributed by atoms with van der Waals surface area (Å²) >= 11 is 7.54. The Bertz CT molecular complexity index is 425. The number of halogens is 1. The van der Waals surface area contributed by atoms with E-state index in [-0.39, 0.29) is 11.8 Å². The molecule has 1 fully saturated rings. The lowest BCUT2D eigenvalue weighted by Gasteiger charge is -2.33. The second-order valence-electron chi connectivity index (χ2n) is 5.34. The number of hydrogen-bond donors (Lipinski definition) is 1. The molecule has 2 rings (SSSR count). The van der Waals surface area contributed by atoms with Crippen LogP contribution in [-0.2, 0) is 11.3 Å². The third-order valence-corrected chi connectivity index (χ3v) is 4.73. The fourth-order valence-electron chi connectivity index (χ4n) is 2.36. The SMILES string of the molecule is CC(C)C(=O)N1CCC(NCc2ccc(Cl)s2)CC1. The lowest BCUT2D eigenvalue weighted by atomic mass is 10.0. The molecule has 1 aromatic heterocycles. The largest absolute Gasteiger partial charge is 0.342 e. The van der Waals surface area contributed by atoms with Crippen LogP contribution in [-0.4, -0.2) is 29.9 Å². The van der Waals surface area contributed by atoms with E-state index in [1.807, 2.05) is 24.8 Å². The molecule has 1 aliphatic heterocycles. The molecule has 3 nitrogen and oxygen atoms in total. The summed E-state index contributed by atoms with van der Waals surface area (Å²) in [7, 11) is 0. The number of nitrogens with zero attached hydrogens (tertiary/aromatic N) is 1. The molecule has 0 spiro atoms. The summed E-state index contributed by atoms with van der Waals surface area (Å²) in [5.41, 5.74) is 0. The minimum atomic E-state index is 0.109. The highest BCUT2D eigenvalue weighted by molar-refractivity contribution is 7.16. The van der Waals surface area contributed by atoms with E-state index in [4.69, 9.17) is 11.6 Å². The molecule has 0 bridgehead atoms. The summed E-state index contributed by atoms with van der Waals surface area (Å²) in [6.07, 6.45) is 2.08. The zero-order valence-electron chi connectivity index (χ0n) is 11.5. The molecule has 1 amide bonds. The van der Waals surface area contributed by atoms with Crippen molar-refractivity contribution < 1.29 is 4.79 Å². The summed E-state index contributed by atoms with van der Waals surface area (Å²) in [6.45, 7) is 6.56. The lowest BCUT2D eigenvalue weighted by molar-refractivity contribution is -0.135. The Kier molecular flexibility index (Phi) is 5.25.